The van der Waals surface area contributed by atoms with Gasteiger partial charge < -0.3 is 5.32 Å². The molecule has 4 nitrogen and oxygen atoms in total. The number of hydrogen-bond donors (Lipinski definition) is 1. The summed E-state index contributed by atoms with van der Waals surface area (Å²) in [7, 11) is 0. The van der Waals surface area contributed by atoms with Crippen molar-refractivity contribution < 1.29 is 9.31 Å². The van der Waals surface area contributed by atoms with Gasteiger partial charge in [0.2, 0.25) is 5.82 Å². The number of halogens is 3. The summed E-state index contributed by atoms with van der Waals surface area (Å²) in [5.74, 6) is -0.894. The van der Waals surface area contributed by atoms with Gasteiger partial charge in [-0.3, -0.25) is 10.1 Å². The highest BCUT2D eigenvalue weighted by atomic mass is 35.5. The Morgan fingerprint density at radius 2 is 1.95 bits per heavy atom. The van der Waals surface area contributed by atoms with Crippen molar-refractivity contribution in [2.45, 2.75) is 13.0 Å². The Morgan fingerprint density at radius 1 is 1.24 bits per heavy atom. The number of nitrogens with zero attached hydrogens (tertiary/aromatic N) is 1. The standard InChI is InChI=1S/C14H11Cl2FN2O2/c1-8(11-6-9(15)2-4-12(11)16)18-10-3-5-14(19(20)21)13(17)7-10/h2-8,18H,1H3. The van der Waals surface area contributed by atoms with Gasteiger partial charge in [-0.15, -0.1) is 0 Å². The van der Waals surface area contributed by atoms with E-state index in [1.165, 1.54) is 6.07 Å². The summed E-state index contributed by atoms with van der Waals surface area (Å²) < 4.78 is 13.6. The van der Waals surface area contributed by atoms with E-state index in [0.717, 1.165) is 17.7 Å². The van der Waals surface area contributed by atoms with Crippen molar-refractivity contribution in [1.82, 2.24) is 0 Å². The van der Waals surface area contributed by atoms with E-state index in [1.807, 2.05) is 6.92 Å². The van der Waals surface area contributed by atoms with Crippen LogP contribution in [0.25, 0.3) is 0 Å². The molecule has 0 aromatic heterocycles. The normalized spacial score (nSPS) is 12.0. The molecule has 2 aromatic rings. The summed E-state index contributed by atoms with van der Waals surface area (Å²) in [4.78, 5) is 9.80. The highest BCUT2D eigenvalue weighted by Crippen LogP contribution is 2.29. The van der Waals surface area contributed by atoms with Crippen molar-refractivity contribution in [3.8, 4) is 0 Å². The minimum absolute atomic E-state index is 0.239. The average Bonchev–Trinajstić information content (AvgIpc) is 2.41. The lowest BCUT2D eigenvalue weighted by Gasteiger charge is -2.17. The van der Waals surface area contributed by atoms with Crippen LogP contribution in [0.2, 0.25) is 10.0 Å². The van der Waals surface area contributed by atoms with Gasteiger partial charge in [-0.25, -0.2) is 0 Å². The van der Waals surface area contributed by atoms with Crippen molar-refractivity contribution in [2.24, 2.45) is 0 Å². The number of hydrogen-bond acceptors (Lipinski definition) is 3. The number of anilines is 1. The van der Waals surface area contributed by atoms with E-state index in [4.69, 9.17) is 23.2 Å². The summed E-state index contributed by atoms with van der Waals surface area (Å²) in [6, 6.07) is 8.45. The predicted octanol–water partition coefficient (Wildman–Crippen LogP) is 5.21. The summed E-state index contributed by atoms with van der Waals surface area (Å²) in [5.41, 5.74) is 0.610. The van der Waals surface area contributed by atoms with Crippen LogP contribution in [0, 0.1) is 15.9 Å². The number of nitro benzene ring substituents is 1. The molecule has 0 fully saturated rings. The van der Waals surface area contributed by atoms with Crippen LogP contribution in [0.1, 0.15) is 18.5 Å². The monoisotopic (exact) mass is 328 g/mol. The first kappa shape index (κ1) is 15.5. The second-order valence-corrected chi connectivity index (χ2v) is 5.30. The first-order valence-electron chi connectivity index (χ1n) is 6.04. The Balaban J connectivity index is 2.23. The van der Waals surface area contributed by atoms with Crippen LogP contribution in [0.4, 0.5) is 15.8 Å². The van der Waals surface area contributed by atoms with E-state index in [9.17, 15) is 14.5 Å². The van der Waals surface area contributed by atoms with Crippen LogP contribution < -0.4 is 5.32 Å². The molecule has 21 heavy (non-hydrogen) atoms. The van der Waals surface area contributed by atoms with E-state index in [-0.39, 0.29) is 6.04 Å². The molecule has 2 rings (SSSR count). The van der Waals surface area contributed by atoms with Gasteiger partial charge in [-0.05, 0) is 36.8 Å². The summed E-state index contributed by atoms with van der Waals surface area (Å²) in [6.45, 7) is 1.83. The second-order valence-electron chi connectivity index (χ2n) is 4.46. The van der Waals surface area contributed by atoms with Crippen LogP contribution in [-0.4, -0.2) is 4.92 Å². The fourth-order valence-corrected chi connectivity index (χ4v) is 2.38. The van der Waals surface area contributed by atoms with Crippen molar-refractivity contribution in [3.05, 3.63) is 67.9 Å². The molecule has 0 saturated heterocycles. The van der Waals surface area contributed by atoms with E-state index in [2.05, 4.69) is 5.32 Å². The van der Waals surface area contributed by atoms with Gasteiger partial charge in [-0.2, -0.15) is 4.39 Å². The van der Waals surface area contributed by atoms with Gasteiger partial charge in [0.05, 0.1) is 11.0 Å². The topological polar surface area (TPSA) is 55.2 Å². The molecule has 2 aromatic carbocycles. The first-order chi connectivity index (χ1) is 9.88. The van der Waals surface area contributed by atoms with Crippen molar-refractivity contribution in [1.29, 1.82) is 0 Å². The molecule has 0 aliphatic rings. The second kappa shape index (κ2) is 6.28. The van der Waals surface area contributed by atoms with Crippen LogP contribution >= 0.6 is 23.2 Å². The first-order valence-corrected chi connectivity index (χ1v) is 6.79. The highest BCUT2D eigenvalue weighted by Gasteiger charge is 2.15. The Labute approximate surface area is 130 Å². The largest absolute Gasteiger partial charge is 0.378 e. The van der Waals surface area contributed by atoms with Gasteiger partial charge >= 0.3 is 5.69 Å². The highest BCUT2D eigenvalue weighted by molar-refractivity contribution is 6.33. The molecule has 0 radical (unpaired) electrons. The maximum atomic E-state index is 13.6. The maximum absolute atomic E-state index is 13.6. The number of nitrogens with one attached hydrogen (secondary N) is 1. The minimum atomic E-state index is -0.894. The van der Waals surface area contributed by atoms with Crippen LogP contribution in [0.5, 0.6) is 0 Å². The molecule has 0 heterocycles. The summed E-state index contributed by atoms with van der Waals surface area (Å²) >= 11 is 12.0. The molecule has 0 spiro atoms. The van der Waals surface area contributed by atoms with Gasteiger partial charge in [-0.1, -0.05) is 23.2 Å². The molecule has 0 aliphatic carbocycles. The molecule has 7 heteroatoms. The zero-order valence-electron chi connectivity index (χ0n) is 10.9. The van der Waals surface area contributed by atoms with E-state index < -0.39 is 16.4 Å². The minimum Gasteiger partial charge on any atom is -0.378 e. The summed E-state index contributed by atoms with van der Waals surface area (Å²) in [5, 5.41) is 14.7. The Hall–Kier alpha value is -1.85. The third-order valence-corrected chi connectivity index (χ3v) is 3.53. The molecule has 0 bridgehead atoms. The molecule has 1 atom stereocenters. The average molecular weight is 329 g/mol. The zero-order chi connectivity index (χ0) is 15.6. The third kappa shape index (κ3) is 3.62. The van der Waals surface area contributed by atoms with Crippen LogP contribution in [0.3, 0.4) is 0 Å². The quantitative estimate of drug-likeness (QED) is 0.618. The van der Waals surface area contributed by atoms with Crippen molar-refractivity contribution >= 4 is 34.6 Å². The third-order valence-electron chi connectivity index (χ3n) is 2.95. The zero-order valence-corrected chi connectivity index (χ0v) is 12.5. The van der Waals surface area contributed by atoms with E-state index >= 15 is 0 Å². The molecule has 1 N–H and O–H groups in total. The maximum Gasteiger partial charge on any atom is 0.304 e. The number of nitro groups is 1. The van der Waals surface area contributed by atoms with Crippen molar-refractivity contribution in [2.75, 3.05) is 5.32 Å². The molecular formula is C14H11Cl2FN2O2. The molecule has 110 valence electrons. The van der Waals surface area contributed by atoms with Crippen molar-refractivity contribution in [3.63, 3.8) is 0 Å². The Morgan fingerprint density at radius 3 is 2.57 bits per heavy atom. The lowest BCUT2D eigenvalue weighted by Crippen LogP contribution is -2.07. The lowest BCUT2D eigenvalue weighted by molar-refractivity contribution is -0.387. The summed E-state index contributed by atoms with van der Waals surface area (Å²) in [6.07, 6.45) is 0. The number of rotatable bonds is 4. The fraction of sp³-hybridized carbons (Fsp3) is 0.143. The SMILES string of the molecule is CC(Nc1ccc([N+](=O)[O-])c(F)c1)c1cc(Cl)ccc1Cl. The van der Waals surface area contributed by atoms with Gasteiger partial charge in [0.25, 0.3) is 0 Å². The fourth-order valence-electron chi connectivity index (χ4n) is 1.92. The van der Waals surface area contributed by atoms with Gasteiger partial charge in [0, 0.05) is 27.9 Å². The van der Waals surface area contributed by atoms with Gasteiger partial charge in [0.1, 0.15) is 0 Å². The molecular weight excluding hydrogens is 318 g/mol. The molecule has 1 unspecified atom stereocenters. The van der Waals surface area contributed by atoms with E-state index in [1.54, 1.807) is 18.2 Å². The van der Waals surface area contributed by atoms with E-state index in [0.29, 0.717) is 15.7 Å². The Kier molecular flexibility index (Phi) is 4.65. The van der Waals surface area contributed by atoms with Gasteiger partial charge in [0.15, 0.2) is 0 Å². The lowest BCUT2D eigenvalue weighted by atomic mass is 10.1. The molecule has 0 aliphatic heterocycles. The van der Waals surface area contributed by atoms with Crippen LogP contribution in [-0.2, 0) is 0 Å². The molecule has 0 saturated carbocycles. The Bertz CT molecular complexity index is 695. The number of benzene rings is 2. The molecule has 0 amide bonds. The van der Waals surface area contributed by atoms with Crippen LogP contribution in [0.15, 0.2) is 36.4 Å². The predicted molar refractivity (Wildman–Crippen MR) is 81.6 cm³/mol. The smallest absolute Gasteiger partial charge is 0.304 e.